The van der Waals surface area contributed by atoms with E-state index in [2.05, 4.69) is 49.1 Å². The van der Waals surface area contributed by atoms with Crippen LogP contribution in [-0.2, 0) is 6.42 Å². The van der Waals surface area contributed by atoms with E-state index in [4.69, 9.17) is 5.73 Å². The van der Waals surface area contributed by atoms with Crippen LogP contribution in [0.2, 0.25) is 0 Å². The number of nitrogens with two attached hydrogens (primary N) is 1. The summed E-state index contributed by atoms with van der Waals surface area (Å²) in [6.45, 7) is 6.22. The van der Waals surface area contributed by atoms with Gasteiger partial charge in [0, 0.05) is 6.42 Å². The molecule has 0 bridgehead atoms. The van der Waals surface area contributed by atoms with Gasteiger partial charge < -0.3 is 5.73 Å². The molecule has 0 aliphatic heterocycles. The molecule has 90 valence electrons. The lowest BCUT2D eigenvalue weighted by molar-refractivity contribution is 0.798. The average molecular weight is 230 g/mol. The summed E-state index contributed by atoms with van der Waals surface area (Å²) in [5, 5.41) is 4.45. The Bertz CT molecular complexity index is 528. The Kier molecular flexibility index (Phi) is 3.13. The van der Waals surface area contributed by atoms with Crippen molar-refractivity contribution in [1.29, 1.82) is 0 Å². The molecule has 2 rings (SSSR count). The van der Waals surface area contributed by atoms with Crippen LogP contribution in [0.4, 0.5) is 5.95 Å². The van der Waals surface area contributed by atoms with E-state index >= 15 is 0 Å². The highest BCUT2D eigenvalue weighted by Crippen LogP contribution is 2.18. The van der Waals surface area contributed by atoms with Crippen LogP contribution >= 0.6 is 0 Å². The topological polar surface area (TPSA) is 56.7 Å². The number of hydrogen-bond donors (Lipinski definition) is 1. The SMILES string of the molecule is CCCc1nc(N)n(-c2cc(C)ccc2C)n1. The number of aromatic nitrogens is 3. The van der Waals surface area contributed by atoms with Crippen LogP contribution in [-0.4, -0.2) is 14.8 Å². The third-order valence-corrected chi connectivity index (χ3v) is 2.74. The molecule has 0 saturated heterocycles. The largest absolute Gasteiger partial charge is 0.368 e. The number of nitrogen functional groups attached to an aromatic ring is 1. The molecule has 0 spiro atoms. The number of benzene rings is 1. The molecular weight excluding hydrogens is 212 g/mol. The molecule has 0 fully saturated rings. The lowest BCUT2D eigenvalue weighted by Crippen LogP contribution is -2.04. The summed E-state index contributed by atoms with van der Waals surface area (Å²) < 4.78 is 1.73. The Morgan fingerprint density at radius 2 is 2.06 bits per heavy atom. The maximum atomic E-state index is 5.91. The molecule has 0 amide bonds. The summed E-state index contributed by atoms with van der Waals surface area (Å²) in [5.41, 5.74) is 9.26. The summed E-state index contributed by atoms with van der Waals surface area (Å²) in [4.78, 5) is 4.28. The first-order valence-corrected chi connectivity index (χ1v) is 5.91. The highest BCUT2D eigenvalue weighted by Gasteiger charge is 2.10. The van der Waals surface area contributed by atoms with Crippen LogP contribution in [0.15, 0.2) is 18.2 Å². The lowest BCUT2D eigenvalue weighted by Gasteiger charge is -2.07. The first-order valence-electron chi connectivity index (χ1n) is 5.91. The zero-order chi connectivity index (χ0) is 12.4. The second kappa shape index (κ2) is 4.57. The molecule has 0 radical (unpaired) electrons. The molecule has 1 aromatic carbocycles. The van der Waals surface area contributed by atoms with E-state index in [-0.39, 0.29) is 0 Å². The highest BCUT2D eigenvalue weighted by atomic mass is 15.4. The third-order valence-electron chi connectivity index (χ3n) is 2.74. The molecule has 0 aliphatic carbocycles. The van der Waals surface area contributed by atoms with Gasteiger partial charge in [0.1, 0.15) is 0 Å². The van der Waals surface area contributed by atoms with E-state index in [1.165, 1.54) is 5.56 Å². The summed E-state index contributed by atoms with van der Waals surface area (Å²) in [7, 11) is 0. The van der Waals surface area contributed by atoms with E-state index in [0.717, 1.165) is 29.9 Å². The van der Waals surface area contributed by atoms with E-state index in [1.54, 1.807) is 4.68 Å². The summed E-state index contributed by atoms with van der Waals surface area (Å²) in [5.74, 6) is 1.27. The van der Waals surface area contributed by atoms with Crippen molar-refractivity contribution in [2.24, 2.45) is 0 Å². The van der Waals surface area contributed by atoms with Gasteiger partial charge in [-0.1, -0.05) is 19.1 Å². The van der Waals surface area contributed by atoms with Crippen LogP contribution in [0, 0.1) is 13.8 Å². The Balaban J connectivity index is 2.48. The molecule has 0 atom stereocenters. The second-order valence-corrected chi connectivity index (χ2v) is 4.34. The molecular formula is C13H18N4. The van der Waals surface area contributed by atoms with Gasteiger partial charge in [0.05, 0.1) is 5.69 Å². The quantitative estimate of drug-likeness (QED) is 0.881. The van der Waals surface area contributed by atoms with Crippen LogP contribution in [0.1, 0.15) is 30.3 Å². The van der Waals surface area contributed by atoms with E-state index in [9.17, 15) is 0 Å². The van der Waals surface area contributed by atoms with E-state index in [0.29, 0.717) is 5.95 Å². The Morgan fingerprint density at radius 3 is 2.76 bits per heavy atom. The molecule has 17 heavy (non-hydrogen) atoms. The molecule has 0 saturated carbocycles. The van der Waals surface area contributed by atoms with Crippen molar-refractivity contribution in [3.63, 3.8) is 0 Å². The van der Waals surface area contributed by atoms with Gasteiger partial charge in [-0.05, 0) is 37.5 Å². The van der Waals surface area contributed by atoms with Crippen molar-refractivity contribution < 1.29 is 0 Å². The minimum absolute atomic E-state index is 0.460. The summed E-state index contributed by atoms with van der Waals surface area (Å²) in [6, 6.07) is 6.24. The molecule has 4 nitrogen and oxygen atoms in total. The zero-order valence-corrected chi connectivity index (χ0v) is 10.6. The van der Waals surface area contributed by atoms with Gasteiger partial charge in [-0.25, -0.2) is 0 Å². The minimum atomic E-state index is 0.460. The van der Waals surface area contributed by atoms with Crippen LogP contribution in [0.5, 0.6) is 0 Å². The fourth-order valence-electron chi connectivity index (χ4n) is 1.82. The summed E-state index contributed by atoms with van der Waals surface area (Å²) >= 11 is 0. The first kappa shape index (κ1) is 11.6. The smallest absolute Gasteiger partial charge is 0.223 e. The first-order chi connectivity index (χ1) is 8.11. The molecule has 1 heterocycles. The fraction of sp³-hybridized carbons (Fsp3) is 0.385. The second-order valence-electron chi connectivity index (χ2n) is 4.34. The van der Waals surface area contributed by atoms with Gasteiger partial charge >= 0.3 is 0 Å². The van der Waals surface area contributed by atoms with Crippen molar-refractivity contribution in [2.45, 2.75) is 33.6 Å². The van der Waals surface area contributed by atoms with Crippen molar-refractivity contribution >= 4 is 5.95 Å². The van der Waals surface area contributed by atoms with E-state index < -0.39 is 0 Å². The number of nitrogens with zero attached hydrogens (tertiary/aromatic N) is 3. The molecule has 1 aromatic heterocycles. The van der Waals surface area contributed by atoms with E-state index in [1.807, 2.05) is 0 Å². The van der Waals surface area contributed by atoms with Crippen molar-refractivity contribution in [2.75, 3.05) is 5.73 Å². The molecule has 2 aromatic rings. The van der Waals surface area contributed by atoms with Gasteiger partial charge in [-0.15, -0.1) is 5.10 Å². The number of aryl methyl sites for hydroxylation is 3. The van der Waals surface area contributed by atoms with Gasteiger partial charge in [0.15, 0.2) is 5.82 Å². The lowest BCUT2D eigenvalue weighted by atomic mass is 10.1. The third kappa shape index (κ3) is 2.30. The summed E-state index contributed by atoms with van der Waals surface area (Å²) in [6.07, 6.45) is 1.89. The molecule has 0 aliphatic rings. The van der Waals surface area contributed by atoms with Gasteiger partial charge in [0.2, 0.25) is 5.95 Å². The number of anilines is 1. The predicted molar refractivity (Wildman–Crippen MR) is 69.2 cm³/mol. The number of hydrogen-bond acceptors (Lipinski definition) is 3. The minimum Gasteiger partial charge on any atom is -0.368 e. The Labute approximate surface area is 101 Å². The highest BCUT2D eigenvalue weighted by molar-refractivity contribution is 5.45. The van der Waals surface area contributed by atoms with Crippen LogP contribution in [0.3, 0.4) is 0 Å². The van der Waals surface area contributed by atoms with Crippen molar-refractivity contribution in [3.8, 4) is 5.69 Å². The molecule has 2 N–H and O–H groups in total. The van der Waals surface area contributed by atoms with Crippen molar-refractivity contribution in [3.05, 3.63) is 35.2 Å². The van der Waals surface area contributed by atoms with Crippen molar-refractivity contribution in [1.82, 2.24) is 14.8 Å². The molecule has 0 unspecified atom stereocenters. The van der Waals surface area contributed by atoms with Gasteiger partial charge in [0.25, 0.3) is 0 Å². The Morgan fingerprint density at radius 1 is 1.29 bits per heavy atom. The Hall–Kier alpha value is -1.84. The maximum absolute atomic E-state index is 5.91. The predicted octanol–water partition coefficient (Wildman–Crippen LogP) is 2.42. The monoisotopic (exact) mass is 230 g/mol. The average Bonchev–Trinajstić information content (AvgIpc) is 2.64. The van der Waals surface area contributed by atoms with Crippen LogP contribution < -0.4 is 5.73 Å². The molecule has 4 heteroatoms. The number of rotatable bonds is 3. The maximum Gasteiger partial charge on any atom is 0.223 e. The van der Waals surface area contributed by atoms with Gasteiger partial charge in [-0.2, -0.15) is 9.67 Å². The van der Waals surface area contributed by atoms with Crippen LogP contribution in [0.25, 0.3) is 5.69 Å². The normalized spacial score (nSPS) is 10.8. The standard InChI is InChI=1S/C13H18N4/c1-4-5-12-15-13(14)17(16-12)11-8-9(2)6-7-10(11)3/h6-8H,4-5H2,1-3H3,(H2,14,15,16). The van der Waals surface area contributed by atoms with Gasteiger partial charge in [-0.3, -0.25) is 0 Å². The zero-order valence-electron chi connectivity index (χ0n) is 10.6. The fourth-order valence-corrected chi connectivity index (χ4v) is 1.82.